The minimum atomic E-state index is -0.561. The number of nitrogens with one attached hydrogen (secondary N) is 1. The van der Waals surface area contributed by atoms with Crippen LogP contribution in [-0.2, 0) is 4.79 Å². The zero-order chi connectivity index (χ0) is 17.5. The van der Waals surface area contributed by atoms with Gasteiger partial charge >= 0.3 is 0 Å². The van der Waals surface area contributed by atoms with Crippen molar-refractivity contribution in [2.24, 2.45) is 0 Å². The molecule has 24 heavy (non-hydrogen) atoms. The van der Waals surface area contributed by atoms with Gasteiger partial charge in [-0.15, -0.1) is 0 Å². The molecule has 0 saturated heterocycles. The number of carbonyl (C=O) groups is 1. The zero-order valence-electron chi connectivity index (χ0n) is 14.7. The molecule has 2 aromatic rings. The van der Waals surface area contributed by atoms with Crippen molar-refractivity contribution in [2.75, 3.05) is 7.11 Å². The highest BCUT2D eigenvalue weighted by Gasteiger charge is 2.21. The number of carbonyl (C=O) groups excluding carboxylic acids is 1. The molecular weight excluding hydrogens is 302 g/mol. The lowest BCUT2D eigenvalue weighted by molar-refractivity contribution is -0.128. The first kappa shape index (κ1) is 17.9. The molecule has 128 valence electrons. The van der Waals surface area contributed by atoms with E-state index in [9.17, 15) is 4.79 Å². The first-order chi connectivity index (χ1) is 11.5. The monoisotopic (exact) mass is 327 g/mol. The Kier molecular flexibility index (Phi) is 6.24. The van der Waals surface area contributed by atoms with Gasteiger partial charge in [-0.2, -0.15) is 0 Å². The predicted octanol–water partition coefficient (Wildman–Crippen LogP) is 4.04. The van der Waals surface area contributed by atoms with Crippen molar-refractivity contribution in [1.29, 1.82) is 0 Å². The van der Waals surface area contributed by atoms with Crippen LogP contribution in [0.3, 0.4) is 0 Å². The fraction of sp³-hybridized carbons (Fsp3) is 0.350. The Morgan fingerprint density at radius 1 is 1.08 bits per heavy atom. The Morgan fingerprint density at radius 2 is 1.71 bits per heavy atom. The molecule has 1 amide bonds. The summed E-state index contributed by atoms with van der Waals surface area (Å²) in [5.41, 5.74) is 2.27. The van der Waals surface area contributed by atoms with Crippen molar-refractivity contribution >= 4 is 5.91 Å². The molecule has 0 fully saturated rings. The summed E-state index contributed by atoms with van der Waals surface area (Å²) in [6.45, 7) is 5.94. The van der Waals surface area contributed by atoms with Crippen LogP contribution < -0.4 is 14.8 Å². The van der Waals surface area contributed by atoms with Gasteiger partial charge < -0.3 is 14.8 Å². The SMILES string of the molecule is CC[C@@H](Oc1ccccc1OC)C(=O)N[C@H](C)c1ccc(C)cc1. The van der Waals surface area contributed by atoms with Crippen LogP contribution in [0.5, 0.6) is 11.5 Å². The topological polar surface area (TPSA) is 47.6 Å². The molecule has 4 heteroatoms. The number of hydrogen-bond donors (Lipinski definition) is 1. The highest BCUT2D eigenvalue weighted by Crippen LogP contribution is 2.27. The number of hydrogen-bond acceptors (Lipinski definition) is 3. The summed E-state index contributed by atoms with van der Waals surface area (Å²) in [5.74, 6) is 1.07. The number of methoxy groups -OCH3 is 1. The van der Waals surface area contributed by atoms with E-state index in [-0.39, 0.29) is 11.9 Å². The van der Waals surface area contributed by atoms with Crippen molar-refractivity contribution < 1.29 is 14.3 Å². The second-order valence-corrected chi connectivity index (χ2v) is 5.81. The number of aryl methyl sites for hydroxylation is 1. The van der Waals surface area contributed by atoms with Gasteiger partial charge in [0.1, 0.15) is 0 Å². The van der Waals surface area contributed by atoms with Crippen molar-refractivity contribution in [3.63, 3.8) is 0 Å². The third-order valence-electron chi connectivity index (χ3n) is 3.94. The fourth-order valence-electron chi connectivity index (χ4n) is 2.44. The van der Waals surface area contributed by atoms with Crippen molar-refractivity contribution in [2.45, 2.75) is 39.3 Å². The van der Waals surface area contributed by atoms with Crippen molar-refractivity contribution in [3.05, 3.63) is 59.7 Å². The summed E-state index contributed by atoms with van der Waals surface area (Å²) in [6, 6.07) is 15.4. The van der Waals surface area contributed by atoms with Crippen LogP contribution in [0.25, 0.3) is 0 Å². The summed E-state index contributed by atoms with van der Waals surface area (Å²) < 4.78 is 11.1. The first-order valence-electron chi connectivity index (χ1n) is 8.21. The van der Waals surface area contributed by atoms with Crippen LogP contribution in [0.15, 0.2) is 48.5 Å². The zero-order valence-corrected chi connectivity index (χ0v) is 14.7. The average Bonchev–Trinajstić information content (AvgIpc) is 2.60. The molecule has 0 unspecified atom stereocenters. The highest BCUT2D eigenvalue weighted by molar-refractivity contribution is 5.81. The summed E-state index contributed by atoms with van der Waals surface area (Å²) in [6.07, 6.45) is 0.0130. The van der Waals surface area contributed by atoms with Gasteiger partial charge in [0.25, 0.3) is 5.91 Å². The molecule has 0 saturated carbocycles. The van der Waals surface area contributed by atoms with Gasteiger partial charge in [-0.05, 0) is 38.0 Å². The van der Waals surface area contributed by atoms with E-state index >= 15 is 0 Å². The van der Waals surface area contributed by atoms with E-state index in [0.29, 0.717) is 17.9 Å². The Morgan fingerprint density at radius 3 is 2.29 bits per heavy atom. The molecule has 0 heterocycles. The van der Waals surface area contributed by atoms with E-state index in [0.717, 1.165) is 5.56 Å². The Labute approximate surface area is 143 Å². The standard InChI is InChI=1S/C20H25NO3/c1-5-17(24-19-9-7-6-8-18(19)23-4)20(22)21-15(3)16-12-10-14(2)11-13-16/h6-13,15,17H,5H2,1-4H3,(H,21,22)/t15-,17-/m1/s1. The van der Waals surface area contributed by atoms with Gasteiger partial charge in [0, 0.05) is 0 Å². The number of ether oxygens (including phenoxy) is 2. The van der Waals surface area contributed by atoms with E-state index in [2.05, 4.69) is 5.32 Å². The molecule has 1 N–H and O–H groups in total. The van der Waals surface area contributed by atoms with E-state index in [4.69, 9.17) is 9.47 Å². The van der Waals surface area contributed by atoms with Crippen LogP contribution >= 0.6 is 0 Å². The Balaban J connectivity index is 2.04. The lowest BCUT2D eigenvalue weighted by Crippen LogP contribution is -2.39. The second-order valence-electron chi connectivity index (χ2n) is 5.81. The smallest absolute Gasteiger partial charge is 0.261 e. The molecule has 4 nitrogen and oxygen atoms in total. The van der Waals surface area contributed by atoms with E-state index in [1.807, 2.05) is 63.2 Å². The normalized spacial score (nSPS) is 13.0. The Bertz CT molecular complexity index is 667. The second kappa shape index (κ2) is 8.39. The van der Waals surface area contributed by atoms with Crippen LogP contribution in [0, 0.1) is 6.92 Å². The van der Waals surface area contributed by atoms with Crippen molar-refractivity contribution in [3.8, 4) is 11.5 Å². The summed E-state index contributed by atoms with van der Waals surface area (Å²) >= 11 is 0. The fourth-order valence-corrected chi connectivity index (χ4v) is 2.44. The lowest BCUT2D eigenvalue weighted by Gasteiger charge is -2.21. The molecular formula is C20H25NO3. The van der Waals surface area contributed by atoms with Crippen LogP contribution in [0.1, 0.15) is 37.4 Å². The van der Waals surface area contributed by atoms with Crippen LogP contribution in [0.4, 0.5) is 0 Å². The molecule has 2 aromatic carbocycles. The molecule has 0 radical (unpaired) electrons. The van der Waals surface area contributed by atoms with Gasteiger partial charge in [0.2, 0.25) is 0 Å². The number of benzene rings is 2. The van der Waals surface area contributed by atoms with Gasteiger partial charge in [-0.25, -0.2) is 0 Å². The minimum Gasteiger partial charge on any atom is -0.493 e. The van der Waals surface area contributed by atoms with Crippen molar-refractivity contribution in [1.82, 2.24) is 5.32 Å². The highest BCUT2D eigenvalue weighted by atomic mass is 16.5. The number of para-hydroxylation sites is 2. The first-order valence-corrected chi connectivity index (χ1v) is 8.21. The number of amides is 1. The van der Waals surface area contributed by atoms with Gasteiger partial charge in [-0.1, -0.05) is 48.9 Å². The summed E-state index contributed by atoms with van der Waals surface area (Å²) in [4.78, 5) is 12.6. The maximum absolute atomic E-state index is 12.6. The molecule has 2 atom stereocenters. The predicted molar refractivity (Wildman–Crippen MR) is 95.4 cm³/mol. The molecule has 0 aliphatic heterocycles. The molecule has 0 aromatic heterocycles. The minimum absolute atomic E-state index is 0.0755. The van der Waals surface area contributed by atoms with Gasteiger partial charge in [0.15, 0.2) is 17.6 Å². The van der Waals surface area contributed by atoms with Gasteiger partial charge in [0.05, 0.1) is 13.2 Å². The van der Waals surface area contributed by atoms with Crippen LogP contribution in [-0.4, -0.2) is 19.1 Å². The van der Waals surface area contributed by atoms with E-state index in [1.54, 1.807) is 13.2 Å². The van der Waals surface area contributed by atoms with Crippen LogP contribution in [0.2, 0.25) is 0 Å². The molecule has 0 bridgehead atoms. The third-order valence-corrected chi connectivity index (χ3v) is 3.94. The lowest BCUT2D eigenvalue weighted by atomic mass is 10.1. The van der Waals surface area contributed by atoms with E-state index in [1.165, 1.54) is 5.56 Å². The molecule has 2 rings (SSSR count). The maximum atomic E-state index is 12.6. The number of rotatable bonds is 7. The van der Waals surface area contributed by atoms with E-state index < -0.39 is 6.10 Å². The molecule has 0 aliphatic rings. The third kappa shape index (κ3) is 4.51. The Hall–Kier alpha value is -2.49. The quantitative estimate of drug-likeness (QED) is 0.835. The molecule has 0 spiro atoms. The average molecular weight is 327 g/mol. The molecule has 0 aliphatic carbocycles. The summed E-state index contributed by atoms with van der Waals surface area (Å²) in [7, 11) is 1.59. The maximum Gasteiger partial charge on any atom is 0.261 e. The summed E-state index contributed by atoms with van der Waals surface area (Å²) in [5, 5.41) is 3.02. The largest absolute Gasteiger partial charge is 0.493 e. The van der Waals surface area contributed by atoms with Gasteiger partial charge in [-0.3, -0.25) is 4.79 Å².